The van der Waals surface area contributed by atoms with E-state index in [1.807, 2.05) is 18.2 Å². The molecule has 0 bridgehead atoms. The van der Waals surface area contributed by atoms with Crippen molar-refractivity contribution in [3.05, 3.63) is 53.1 Å². The van der Waals surface area contributed by atoms with Crippen molar-refractivity contribution in [3.63, 3.8) is 0 Å². The van der Waals surface area contributed by atoms with Crippen LogP contribution >= 0.6 is 23.8 Å². The number of hydrogen-bond donors (Lipinski definition) is 2. The fourth-order valence-electron chi connectivity index (χ4n) is 2.96. The van der Waals surface area contributed by atoms with Gasteiger partial charge in [0.25, 0.3) is 5.91 Å². The zero-order valence-electron chi connectivity index (χ0n) is 14.4. The van der Waals surface area contributed by atoms with E-state index >= 15 is 0 Å². The Kier molecular flexibility index (Phi) is 5.96. The van der Waals surface area contributed by atoms with Gasteiger partial charge in [0.15, 0.2) is 5.11 Å². The second-order valence-corrected chi connectivity index (χ2v) is 6.78. The summed E-state index contributed by atoms with van der Waals surface area (Å²) < 4.78 is 5.20. The Labute approximate surface area is 163 Å². The molecule has 7 heteroatoms. The summed E-state index contributed by atoms with van der Waals surface area (Å²) in [4.78, 5) is 14.6. The zero-order valence-corrected chi connectivity index (χ0v) is 16.0. The molecule has 2 aromatic rings. The number of anilines is 2. The molecule has 2 N–H and O–H groups in total. The van der Waals surface area contributed by atoms with Crippen LogP contribution in [0.1, 0.15) is 23.2 Å². The Balaban J connectivity index is 1.64. The van der Waals surface area contributed by atoms with Gasteiger partial charge in [-0.3, -0.25) is 10.1 Å². The maximum Gasteiger partial charge on any atom is 0.261 e. The predicted octanol–water partition coefficient (Wildman–Crippen LogP) is 4.08. The van der Waals surface area contributed by atoms with Crippen molar-refractivity contribution in [2.75, 3.05) is 30.4 Å². The van der Waals surface area contributed by atoms with Gasteiger partial charge in [-0.25, -0.2) is 0 Å². The quantitative estimate of drug-likeness (QED) is 0.772. The molecule has 1 heterocycles. The third kappa shape index (κ3) is 4.26. The number of halogens is 1. The first-order chi connectivity index (χ1) is 12.6. The van der Waals surface area contributed by atoms with Gasteiger partial charge < -0.3 is 15.0 Å². The first kappa shape index (κ1) is 18.5. The number of carbonyl (C=O) groups excluding carboxylic acids is 1. The lowest BCUT2D eigenvalue weighted by molar-refractivity contribution is 0.0975. The summed E-state index contributed by atoms with van der Waals surface area (Å²) >= 11 is 11.6. The van der Waals surface area contributed by atoms with Crippen molar-refractivity contribution >= 4 is 46.2 Å². The van der Waals surface area contributed by atoms with E-state index in [0.29, 0.717) is 16.3 Å². The van der Waals surface area contributed by atoms with E-state index in [4.69, 9.17) is 28.6 Å². The van der Waals surface area contributed by atoms with E-state index in [9.17, 15) is 4.79 Å². The van der Waals surface area contributed by atoms with Gasteiger partial charge in [0.1, 0.15) is 5.75 Å². The number of methoxy groups -OCH3 is 1. The second-order valence-electron chi connectivity index (χ2n) is 5.97. The average molecular weight is 390 g/mol. The maximum atomic E-state index is 12.4. The van der Waals surface area contributed by atoms with Gasteiger partial charge >= 0.3 is 0 Å². The molecular weight excluding hydrogens is 370 g/mol. The van der Waals surface area contributed by atoms with Gasteiger partial charge in [0.05, 0.1) is 23.4 Å². The molecule has 0 saturated carbocycles. The molecular formula is C19H20ClN3O2S. The van der Waals surface area contributed by atoms with Gasteiger partial charge in [-0.15, -0.1) is 0 Å². The monoisotopic (exact) mass is 389 g/mol. The largest absolute Gasteiger partial charge is 0.496 e. The molecule has 0 aromatic heterocycles. The number of amides is 1. The normalized spacial score (nSPS) is 13.4. The summed E-state index contributed by atoms with van der Waals surface area (Å²) in [5.74, 6) is 0.158. The maximum absolute atomic E-state index is 12.4. The summed E-state index contributed by atoms with van der Waals surface area (Å²) in [6, 6.07) is 12.7. The average Bonchev–Trinajstić information content (AvgIpc) is 3.16. The molecule has 0 atom stereocenters. The van der Waals surface area contributed by atoms with E-state index in [-0.39, 0.29) is 11.0 Å². The van der Waals surface area contributed by atoms with Crippen molar-refractivity contribution in [2.45, 2.75) is 12.8 Å². The van der Waals surface area contributed by atoms with Crippen LogP contribution in [0.4, 0.5) is 11.4 Å². The van der Waals surface area contributed by atoms with Gasteiger partial charge in [-0.2, -0.15) is 0 Å². The molecule has 26 heavy (non-hydrogen) atoms. The van der Waals surface area contributed by atoms with Gasteiger partial charge in [0.2, 0.25) is 0 Å². The molecule has 0 spiro atoms. The third-order valence-corrected chi connectivity index (χ3v) is 4.74. The summed E-state index contributed by atoms with van der Waals surface area (Å²) in [5, 5.41) is 6.51. The Bertz CT molecular complexity index is 822. The van der Waals surface area contributed by atoms with Crippen LogP contribution in [0.15, 0.2) is 42.5 Å². The molecule has 1 fully saturated rings. The van der Waals surface area contributed by atoms with Crippen molar-refractivity contribution in [3.8, 4) is 5.75 Å². The fraction of sp³-hybridized carbons (Fsp3) is 0.263. The number of thiocarbonyl (C=S) groups is 1. The molecule has 1 aliphatic rings. The standard InChI is InChI=1S/C19H20ClN3O2S/c1-25-17-7-3-2-6-14(17)18(24)22-19(26)21-13-8-9-16(15(20)12-13)23-10-4-5-11-23/h2-3,6-9,12H,4-5,10-11H2,1H3,(H2,21,22,24,26). The topological polar surface area (TPSA) is 53.6 Å². The highest BCUT2D eigenvalue weighted by Crippen LogP contribution is 2.31. The molecule has 0 radical (unpaired) electrons. The highest BCUT2D eigenvalue weighted by Gasteiger charge is 2.16. The van der Waals surface area contributed by atoms with Crippen LogP contribution in [0.25, 0.3) is 0 Å². The lowest BCUT2D eigenvalue weighted by Crippen LogP contribution is -2.34. The van der Waals surface area contributed by atoms with Crippen molar-refractivity contribution in [2.24, 2.45) is 0 Å². The Morgan fingerprint density at radius 3 is 2.62 bits per heavy atom. The van der Waals surface area contributed by atoms with Crippen LogP contribution in [-0.4, -0.2) is 31.2 Å². The minimum Gasteiger partial charge on any atom is -0.496 e. The summed E-state index contributed by atoms with van der Waals surface area (Å²) in [5.41, 5.74) is 2.17. The van der Waals surface area contributed by atoms with E-state index in [0.717, 1.165) is 24.5 Å². The Morgan fingerprint density at radius 1 is 1.19 bits per heavy atom. The highest BCUT2D eigenvalue weighted by atomic mass is 35.5. The molecule has 1 aliphatic heterocycles. The summed E-state index contributed by atoms with van der Waals surface area (Å²) in [6.07, 6.45) is 2.38. The molecule has 5 nitrogen and oxygen atoms in total. The Morgan fingerprint density at radius 2 is 1.92 bits per heavy atom. The van der Waals surface area contributed by atoms with Crippen LogP contribution in [0.3, 0.4) is 0 Å². The fourth-order valence-corrected chi connectivity index (χ4v) is 3.47. The van der Waals surface area contributed by atoms with Gasteiger partial charge in [-0.1, -0.05) is 23.7 Å². The number of para-hydroxylation sites is 1. The molecule has 0 aliphatic carbocycles. The number of ether oxygens (including phenoxy) is 1. The van der Waals surface area contributed by atoms with Crippen LogP contribution in [0.5, 0.6) is 5.75 Å². The smallest absolute Gasteiger partial charge is 0.261 e. The molecule has 2 aromatic carbocycles. The van der Waals surface area contributed by atoms with Crippen molar-refractivity contribution < 1.29 is 9.53 Å². The lowest BCUT2D eigenvalue weighted by atomic mass is 10.2. The first-order valence-corrected chi connectivity index (χ1v) is 9.17. The van der Waals surface area contributed by atoms with Crippen molar-refractivity contribution in [1.82, 2.24) is 5.32 Å². The molecule has 3 rings (SSSR count). The van der Waals surface area contributed by atoms with Crippen LogP contribution < -0.4 is 20.3 Å². The molecule has 136 valence electrons. The SMILES string of the molecule is COc1ccccc1C(=O)NC(=S)Nc1ccc(N2CCCC2)c(Cl)c1. The van der Waals surface area contributed by atoms with Crippen LogP contribution in [0.2, 0.25) is 5.02 Å². The van der Waals surface area contributed by atoms with E-state index in [1.165, 1.54) is 20.0 Å². The van der Waals surface area contributed by atoms with Crippen molar-refractivity contribution in [1.29, 1.82) is 0 Å². The van der Waals surface area contributed by atoms with Crippen LogP contribution in [0, 0.1) is 0 Å². The molecule has 0 unspecified atom stereocenters. The number of rotatable bonds is 4. The minimum absolute atomic E-state index is 0.200. The van der Waals surface area contributed by atoms with E-state index in [2.05, 4.69) is 15.5 Å². The van der Waals surface area contributed by atoms with E-state index < -0.39 is 0 Å². The first-order valence-electron chi connectivity index (χ1n) is 8.38. The van der Waals surface area contributed by atoms with Gasteiger partial charge in [-0.05, 0) is 55.4 Å². The molecule has 1 amide bonds. The third-order valence-electron chi connectivity index (χ3n) is 4.23. The minimum atomic E-state index is -0.334. The summed E-state index contributed by atoms with van der Waals surface area (Å²) in [6.45, 7) is 2.06. The number of hydrogen-bond acceptors (Lipinski definition) is 4. The number of carbonyl (C=O) groups is 1. The molecule has 1 saturated heterocycles. The number of nitrogens with one attached hydrogen (secondary N) is 2. The number of benzene rings is 2. The van der Waals surface area contributed by atoms with Gasteiger partial charge in [0, 0.05) is 18.8 Å². The highest BCUT2D eigenvalue weighted by molar-refractivity contribution is 7.80. The Hall–Kier alpha value is -2.31. The van der Waals surface area contributed by atoms with E-state index in [1.54, 1.807) is 24.3 Å². The summed E-state index contributed by atoms with van der Waals surface area (Å²) in [7, 11) is 1.52. The predicted molar refractivity (Wildman–Crippen MR) is 110 cm³/mol. The number of nitrogens with zero attached hydrogens (tertiary/aromatic N) is 1. The lowest BCUT2D eigenvalue weighted by Gasteiger charge is -2.20. The van der Waals surface area contributed by atoms with Crippen LogP contribution in [-0.2, 0) is 0 Å². The second kappa shape index (κ2) is 8.38. The zero-order chi connectivity index (χ0) is 18.5.